The smallest absolute Gasteiger partial charge is 0.123 e. The number of aromatic hydroxyl groups is 1. The third kappa shape index (κ3) is 3.78. The average Bonchev–Trinajstić information content (AvgIpc) is 3.35. The molecular weight excluding hydrogens is 441 g/mol. The normalized spacial score (nSPS) is 25.2. The third-order valence-electron chi connectivity index (χ3n) is 7.07. The second kappa shape index (κ2) is 9.00. The number of epoxide rings is 1. The number of hydrogen-bond acceptors (Lipinski definition) is 5. The van der Waals surface area contributed by atoms with Crippen LogP contribution in [0.15, 0.2) is 84.1 Å². The quantitative estimate of drug-likeness (QED) is 0.259. The number of halogens is 1. The molecule has 3 aliphatic rings. The molecule has 0 aromatic heterocycles. The first-order valence-corrected chi connectivity index (χ1v) is 12.3. The van der Waals surface area contributed by atoms with Crippen molar-refractivity contribution < 1.29 is 14.2 Å². The number of phenolic OH excluding ortho intramolecular Hbond substituents is 1. The summed E-state index contributed by atoms with van der Waals surface area (Å²) in [6.45, 7) is 4.05. The van der Waals surface area contributed by atoms with Crippen LogP contribution in [0.25, 0.3) is 0 Å². The maximum atomic E-state index is 13.3. The fraction of sp³-hybridized carbons (Fsp3) is 0.308. The van der Waals surface area contributed by atoms with E-state index in [1.165, 1.54) is 17.7 Å². The number of hydrogen-bond donors (Lipinski definition) is 3. The highest BCUT2D eigenvalue weighted by Crippen LogP contribution is 2.68. The van der Waals surface area contributed by atoms with Crippen molar-refractivity contribution in [3.63, 3.8) is 0 Å². The predicted octanol–water partition coefficient (Wildman–Crippen LogP) is 6.43. The zero-order valence-corrected chi connectivity index (χ0v) is 19.9. The van der Waals surface area contributed by atoms with E-state index in [0.29, 0.717) is 5.75 Å². The minimum absolute atomic E-state index is 0.144. The lowest BCUT2D eigenvalue weighted by Crippen LogP contribution is -2.28. The van der Waals surface area contributed by atoms with Gasteiger partial charge in [0.2, 0.25) is 0 Å². The number of benzene rings is 2. The summed E-state index contributed by atoms with van der Waals surface area (Å²) < 4.78 is 19.8. The van der Waals surface area contributed by atoms with Gasteiger partial charge in [-0.3, -0.25) is 0 Å². The first-order chi connectivity index (χ1) is 15.5. The Labute approximate surface area is 199 Å². The number of likely N-dealkylation sites (N-methyl/N-ethyl adjacent to an activating group) is 1. The molecule has 6 heteroatoms. The molecule has 1 spiro atoms. The number of ether oxygens (including phenoxy) is 1. The third-order valence-corrected chi connectivity index (χ3v) is 7.07. The van der Waals surface area contributed by atoms with Crippen LogP contribution in [0.3, 0.4) is 0 Å². The summed E-state index contributed by atoms with van der Waals surface area (Å²) in [5.74, 6) is 0.123. The van der Waals surface area contributed by atoms with E-state index in [4.69, 9.17) is 4.74 Å². The van der Waals surface area contributed by atoms with Crippen LogP contribution in [-0.4, -0.2) is 23.4 Å². The number of nitrogens with zero attached hydrogens (tertiary/aromatic N) is 1. The minimum Gasteiger partial charge on any atom is -0.508 e. The molecule has 3 nitrogen and oxygen atoms in total. The Kier molecular flexibility index (Phi) is 6.48. The van der Waals surface area contributed by atoms with Crippen LogP contribution in [0.4, 0.5) is 10.1 Å². The number of aryl methyl sites for hydroxylation is 1. The van der Waals surface area contributed by atoms with Crippen LogP contribution in [0.5, 0.6) is 5.75 Å². The van der Waals surface area contributed by atoms with Crippen molar-refractivity contribution in [2.75, 3.05) is 11.9 Å². The van der Waals surface area contributed by atoms with E-state index in [9.17, 15) is 9.50 Å². The molecule has 1 saturated heterocycles. The molecule has 0 radical (unpaired) electrons. The summed E-state index contributed by atoms with van der Waals surface area (Å²) in [4.78, 5) is 2.10. The van der Waals surface area contributed by atoms with E-state index in [1.54, 1.807) is 18.2 Å². The molecule has 1 heterocycles. The first-order valence-electron chi connectivity index (χ1n) is 10.7. The SMILES string of the molecule is C=CC1=C(N(C)c2ccc(F)cc2)C=C2CC[C@]3(CCc4ccccc4O)OC23C1.SS. The zero-order valence-electron chi connectivity index (χ0n) is 18.1. The molecule has 2 aromatic rings. The molecular formula is C26H28FNO2S2. The fourth-order valence-corrected chi connectivity index (χ4v) is 5.30. The monoisotopic (exact) mass is 469 g/mol. The molecule has 1 aliphatic heterocycles. The minimum atomic E-state index is -0.234. The van der Waals surface area contributed by atoms with E-state index >= 15 is 0 Å². The molecule has 32 heavy (non-hydrogen) atoms. The summed E-state index contributed by atoms with van der Waals surface area (Å²) in [5, 5.41) is 10.1. The Hall–Kier alpha value is -2.15. The van der Waals surface area contributed by atoms with Gasteiger partial charge >= 0.3 is 0 Å². The summed E-state index contributed by atoms with van der Waals surface area (Å²) in [5.41, 5.74) is 5.14. The topological polar surface area (TPSA) is 36.0 Å². The van der Waals surface area contributed by atoms with Crippen molar-refractivity contribution in [3.8, 4) is 5.75 Å². The van der Waals surface area contributed by atoms with Gasteiger partial charge in [0.05, 0.1) is 0 Å². The number of para-hydroxylation sites is 1. The van der Waals surface area contributed by atoms with Gasteiger partial charge in [-0.1, -0.05) is 30.9 Å². The van der Waals surface area contributed by atoms with E-state index in [-0.39, 0.29) is 17.0 Å². The lowest BCUT2D eigenvalue weighted by molar-refractivity contribution is 0.234. The molecule has 0 amide bonds. The Morgan fingerprint density at radius 1 is 1.19 bits per heavy atom. The highest BCUT2D eigenvalue weighted by Gasteiger charge is 2.74. The predicted molar refractivity (Wildman–Crippen MR) is 135 cm³/mol. The first kappa shape index (κ1) is 23.0. The van der Waals surface area contributed by atoms with Crippen molar-refractivity contribution >= 4 is 29.0 Å². The second-order valence-corrected chi connectivity index (χ2v) is 8.55. The fourth-order valence-electron chi connectivity index (χ4n) is 5.30. The Bertz CT molecular complexity index is 1080. The lowest BCUT2D eigenvalue weighted by atomic mass is 9.80. The highest BCUT2D eigenvalue weighted by molar-refractivity contribution is 8.59. The van der Waals surface area contributed by atoms with E-state index in [2.05, 4.69) is 40.9 Å². The van der Waals surface area contributed by atoms with Crippen molar-refractivity contribution in [2.24, 2.45) is 0 Å². The van der Waals surface area contributed by atoms with Gasteiger partial charge in [0.1, 0.15) is 22.8 Å². The van der Waals surface area contributed by atoms with Crippen molar-refractivity contribution in [1.82, 2.24) is 0 Å². The zero-order chi connectivity index (χ0) is 22.9. The molecule has 2 atom stereocenters. The molecule has 2 aliphatic carbocycles. The number of anilines is 1. The van der Waals surface area contributed by atoms with Gasteiger partial charge in [0, 0.05) is 24.9 Å². The Morgan fingerprint density at radius 3 is 2.59 bits per heavy atom. The molecule has 0 bridgehead atoms. The lowest BCUT2D eigenvalue weighted by Gasteiger charge is -2.29. The van der Waals surface area contributed by atoms with Gasteiger partial charge in [0.25, 0.3) is 0 Å². The van der Waals surface area contributed by atoms with Gasteiger partial charge in [-0.15, -0.1) is 23.3 Å². The van der Waals surface area contributed by atoms with Crippen LogP contribution < -0.4 is 4.90 Å². The Balaban J connectivity index is 0.00000119. The molecule has 1 saturated carbocycles. The molecule has 168 valence electrons. The van der Waals surface area contributed by atoms with Gasteiger partial charge in [0.15, 0.2) is 0 Å². The summed E-state index contributed by atoms with van der Waals surface area (Å²) in [6, 6.07) is 14.1. The van der Waals surface area contributed by atoms with E-state index in [1.807, 2.05) is 31.3 Å². The maximum absolute atomic E-state index is 13.3. The number of rotatable bonds is 6. The van der Waals surface area contributed by atoms with Crippen molar-refractivity contribution in [3.05, 3.63) is 95.5 Å². The molecule has 1 unspecified atom stereocenters. The van der Waals surface area contributed by atoms with Crippen LogP contribution in [0, 0.1) is 5.82 Å². The van der Waals surface area contributed by atoms with Gasteiger partial charge in [-0.05, 0) is 78.8 Å². The molecule has 2 fully saturated rings. The average molecular weight is 470 g/mol. The van der Waals surface area contributed by atoms with E-state index in [0.717, 1.165) is 54.6 Å². The number of phenols is 1. The summed E-state index contributed by atoms with van der Waals surface area (Å²) in [7, 11) is 2.01. The highest BCUT2D eigenvalue weighted by atomic mass is 33.1. The second-order valence-electron chi connectivity index (χ2n) is 8.55. The standard InChI is InChI=1S/C26H26FNO2.H2S2/c1-3-18-17-26-20(16-23(18)28(2)22-10-8-21(27)9-11-22)13-15-25(26,30-26)14-12-19-6-4-5-7-24(19)29;1-2/h3-11,16,29H,1,12-15,17H2,2H3;1-2H/t25-,26?;/m0./s1. The summed E-state index contributed by atoms with van der Waals surface area (Å²) in [6.07, 6.45) is 8.71. The van der Waals surface area contributed by atoms with E-state index < -0.39 is 0 Å². The maximum Gasteiger partial charge on any atom is 0.123 e. The van der Waals surface area contributed by atoms with Crippen molar-refractivity contribution in [2.45, 2.75) is 43.3 Å². The van der Waals surface area contributed by atoms with Gasteiger partial charge < -0.3 is 14.7 Å². The van der Waals surface area contributed by atoms with Crippen LogP contribution in [0.1, 0.15) is 31.2 Å². The molecule has 2 aromatic carbocycles. The number of thiol groups is 2. The van der Waals surface area contributed by atoms with Gasteiger partial charge in [-0.25, -0.2) is 4.39 Å². The number of allylic oxidation sites excluding steroid dienone is 2. The van der Waals surface area contributed by atoms with Gasteiger partial charge in [-0.2, -0.15) is 0 Å². The largest absolute Gasteiger partial charge is 0.508 e. The molecule has 1 N–H and O–H groups in total. The Morgan fingerprint density at radius 2 is 1.91 bits per heavy atom. The summed E-state index contributed by atoms with van der Waals surface area (Å²) >= 11 is 6.44. The van der Waals surface area contributed by atoms with Crippen LogP contribution in [0.2, 0.25) is 0 Å². The molecule has 5 rings (SSSR count). The van der Waals surface area contributed by atoms with Crippen LogP contribution in [-0.2, 0) is 11.2 Å². The van der Waals surface area contributed by atoms with Crippen molar-refractivity contribution in [1.29, 1.82) is 0 Å². The van der Waals surface area contributed by atoms with Crippen LogP contribution >= 0.6 is 23.3 Å².